The molecule has 0 bridgehead atoms. The van der Waals surface area contributed by atoms with Crippen molar-refractivity contribution < 1.29 is 17.6 Å². The Hall–Kier alpha value is -2.71. The van der Waals surface area contributed by atoms with E-state index in [1.54, 1.807) is 11.4 Å². The van der Waals surface area contributed by atoms with Crippen LogP contribution in [0.3, 0.4) is 0 Å². The zero-order valence-corrected chi connectivity index (χ0v) is 16.8. The number of rotatable bonds is 7. The first-order valence-corrected chi connectivity index (χ1v) is 10.8. The Bertz CT molecular complexity index is 1050. The first-order valence-electron chi connectivity index (χ1n) is 8.50. The van der Waals surface area contributed by atoms with Crippen LogP contribution in [-0.2, 0) is 21.4 Å². The predicted molar refractivity (Wildman–Crippen MR) is 108 cm³/mol. The van der Waals surface area contributed by atoms with Crippen LogP contribution in [-0.4, -0.2) is 20.9 Å². The number of carbonyl (C=O) groups is 1. The molecule has 0 spiro atoms. The third-order valence-electron chi connectivity index (χ3n) is 4.01. The number of thiophene rings is 1. The minimum absolute atomic E-state index is 0.114. The molecular weight excluding hydrogens is 399 g/mol. The smallest absolute Gasteiger partial charge is 0.274 e. The third kappa shape index (κ3) is 4.76. The number of carbonyl (C=O) groups excluding carboxylic acids is 1. The molecule has 0 saturated carbocycles. The summed E-state index contributed by atoms with van der Waals surface area (Å²) >= 11 is 1.06. The summed E-state index contributed by atoms with van der Waals surface area (Å²) in [6.45, 7) is 1.84. The number of hydrogen-bond acceptors (Lipinski definition) is 4. The topological polar surface area (TPSA) is 66.5 Å². The van der Waals surface area contributed by atoms with Gasteiger partial charge >= 0.3 is 0 Å². The second-order valence-electron chi connectivity index (χ2n) is 6.19. The standard InChI is InChI=1S/C20H19FN2O3S2/c1-15-4-2-5-16(12-15)13-22-19(24)14-23(18-9-7-17(21)8-10-18)28(25,26)20-6-3-11-27-20/h2-12H,13-14H2,1H3,(H,22,24). The Kier molecular flexibility index (Phi) is 6.11. The van der Waals surface area contributed by atoms with Gasteiger partial charge in [0, 0.05) is 6.54 Å². The normalized spacial score (nSPS) is 11.2. The van der Waals surface area contributed by atoms with E-state index < -0.39 is 28.3 Å². The fraction of sp³-hybridized carbons (Fsp3) is 0.150. The maximum Gasteiger partial charge on any atom is 0.274 e. The molecule has 0 aliphatic rings. The summed E-state index contributed by atoms with van der Waals surface area (Å²) in [5, 5.41) is 4.39. The Morgan fingerprint density at radius 3 is 2.50 bits per heavy atom. The van der Waals surface area contributed by atoms with Crippen LogP contribution in [0.15, 0.2) is 70.3 Å². The average Bonchev–Trinajstić information content (AvgIpc) is 3.21. The van der Waals surface area contributed by atoms with E-state index in [0.29, 0.717) is 0 Å². The summed E-state index contributed by atoms with van der Waals surface area (Å²) in [7, 11) is -3.94. The number of amides is 1. The molecule has 0 atom stereocenters. The van der Waals surface area contributed by atoms with E-state index in [1.807, 2.05) is 31.2 Å². The number of sulfonamides is 1. The van der Waals surface area contributed by atoms with Gasteiger partial charge in [-0.15, -0.1) is 11.3 Å². The van der Waals surface area contributed by atoms with Crippen LogP contribution in [0.25, 0.3) is 0 Å². The van der Waals surface area contributed by atoms with Crippen LogP contribution in [0.4, 0.5) is 10.1 Å². The van der Waals surface area contributed by atoms with Crippen LogP contribution in [0.2, 0.25) is 0 Å². The van der Waals surface area contributed by atoms with Crippen molar-refractivity contribution in [3.8, 4) is 0 Å². The van der Waals surface area contributed by atoms with Crippen LogP contribution in [0, 0.1) is 12.7 Å². The van der Waals surface area contributed by atoms with Gasteiger partial charge in [-0.05, 0) is 48.2 Å². The van der Waals surface area contributed by atoms with Crippen LogP contribution < -0.4 is 9.62 Å². The van der Waals surface area contributed by atoms with Gasteiger partial charge in [0.25, 0.3) is 10.0 Å². The molecular formula is C20H19FN2O3S2. The zero-order chi connectivity index (χ0) is 20.1. The lowest BCUT2D eigenvalue weighted by atomic mass is 10.1. The lowest BCUT2D eigenvalue weighted by Gasteiger charge is -2.23. The Morgan fingerprint density at radius 1 is 1.11 bits per heavy atom. The van der Waals surface area contributed by atoms with Crippen molar-refractivity contribution in [3.63, 3.8) is 0 Å². The second-order valence-corrected chi connectivity index (χ2v) is 9.22. The number of hydrogen-bond donors (Lipinski definition) is 1. The van der Waals surface area contributed by atoms with Gasteiger partial charge in [0.15, 0.2) is 0 Å². The van der Waals surface area contributed by atoms with Crippen molar-refractivity contribution in [2.24, 2.45) is 0 Å². The SMILES string of the molecule is Cc1cccc(CNC(=O)CN(c2ccc(F)cc2)S(=O)(=O)c2cccs2)c1. The maximum absolute atomic E-state index is 13.3. The summed E-state index contributed by atoms with van der Waals surface area (Å²) in [4.78, 5) is 12.5. The van der Waals surface area contributed by atoms with Gasteiger partial charge in [0.1, 0.15) is 16.6 Å². The fourth-order valence-electron chi connectivity index (χ4n) is 2.65. The highest BCUT2D eigenvalue weighted by Gasteiger charge is 2.28. The van der Waals surface area contributed by atoms with E-state index in [9.17, 15) is 17.6 Å². The Labute approximate surface area is 167 Å². The molecule has 28 heavy (non-hydrogen) atoms. The quantitative estimate of drug-likeness (QED) is 0.636. The van der Waals surface area contributed by atoms with Crippen molar-refractivity contribution >= 4 is 33.0 Å². The van der Waals surface area contributed by atoms with Gasteiger partial charge in [-0.3, -0.25) is 9.10 Å². The highest BCUT2D eigenvalue weighted by molar-refractivity contribution is 7.94. The van der Waals surface area contributed by atoms with Crippen molar-refractivity contribution in [3.05, 3.63) is 83.0 Å². The van der Waals surface area contributed by atoms with E-state index in [4.69, 9.17) is 0 Å². The summed E-state index contributed by atoms with van der Waals surface area (Å²) in [6.07, 6.45) is 0. The number of halogens is 1. The second kappa shape index (κ2) is 8.53. The minimum Gasteiger partial charge on any atom is -0.350 e. The third-order valence-corrected chi connectivity index (χ3v) is 7.16. The molecule has 1 aromatic heterocycles. The van der Waals surface area contributed by atoms with Gasteiger partial charge in [-0.1, -0.05) is 35.9 Å². The van der Waals surface area contributed by atoms with Crippen molar-refractivity contribution in [1.82, 2.24) is 5.32 Å². The molecule has 146 valence electrons. The summed E-state index contributed by atoms with van der Waals surface area (Å²) < 4.78 is 40.4. The van der Waals surface area contributed by atoms with Crippen LogP contribution in [0.5, 0.6) is 0 Å². The number of benzene rings is 2. The molecule has 1 amide bonds. The molecule has 1 heterocycles. The lowest BCUT2D eigenvalue weighted by molar-refractivity contribution is -0.119. The maximum atomic E-state index is 13.3. The molecule has 0 saturated heterocycles. The molecule has 3 aromatic rings. The Balaban J connectivity index is 1.81. The van der Waals surface area contributed by atoms with E-state index >= 15 is 0 Å². The first-order chi connectivity index (χ1) is 13.4. The fourth-order valence-corrected chi connectivity index (χ4v) is 5.18. The molecule has 0 fully saturated rings. The lowest BCUT2D eigenvalue weighted by Crippen LogP contribution is -2.40. The molecule has 8 heteroatoms. The average molecular weight is 419 g/mol. The number of nitrogens with zero attached hydrogens (tertiary/aromatic N) is 1. The van der Waals surface area contributed by atoms with Crippen LogP contribution in [0.1, 0.15) is 11.1 Å². The molecule has 5 nitrogen and oxygen atoms in total. The summed E-state index contributed by atoms with van der Waals surface area (Å²) in [6, 6.07) is 15.8. The van der Waals surface area contributed by atoms with Gasteiger partial charge in [0.2, 0.25) is 5.91 Å². The van der Waals surface area contributed by atoms with Crippen molar-refractivity contribution in [2.45, 2.75) is 17.7 Å². The molecule has 2 aromatic carbocycles. The van der Waals surface area contributed by atoms with Crippen molar-refractivity contribution in [2.75, 3.05) is 10.8 Å². The molecule has 1 N–H and O–H groups in total. The largest absolute Gasteiger partial charge is 0.350 e. The first kappa shape index (κ1) is 20.0. The highest BCUT2D eigenvalue weighted by Crippen LogP contribution is 2.26. The summed E-state index contributed by atoms with van der Waals surface area (Å²) in [5.41, 5.74) is 2.21. The molecule has 3 rings (SSSR count). The van der Waals surface area contributed by atoms with Gasteiger partial charge in [-0.2, -0.15) is 0 Å². The molecule has 0 aliphatic carbocycles. The van der Waals surface area contributed by atoms with Gasteiger partial charge in [-0.25, -0.2) is 12.8 Å². The van der Waals surface area contributed by atoms with Gasteiger partial charge < -0.3 is 5.32 Å². The van der Waals surface area contributed by atoms with E-state index in [0.717, 1.165) is 38.9 Å². The van der Waals surface area contributed by atoms with E-state index in [2.05, 4.69) is 5.32 Å². The van der Waals surface area contributed by atoms with Gasteiger partial charge in [0.05, 0.1) is 5.69 Å². The minimum atomic E-state index is -3.94. The predicted octanol–water partition coefficient (Wildman–Crippen LogP) is 3.71. The van der Waals surface area contributed by atoms with Crippen molar-refractivity contribution in [1.29, 1.82) is 0 Å². The molecule has 0 radical (unpaired) electrons. The Morgan fingerprint density at radius 2 is 1.86 bits per heavy atom. The number of aryl methyl sites for hydroxylation is 1. The highest BCUT2D eigenvalue weighted by atomic mass is 32.2. The number of anilines is 1. The molecule has 0 aliphatic heterocycles. The van der Waals surface area contributed by atoms with E-state index in [-0.39, 0.29) is 16.4 Å². The molecule has 0 unspecified atom stereocenters. The summed E-state index contributed by atoms with van der Waals surface area (Å²) in [5.74, 6) is -0.938. The zero-order valence-electron chi connectivity index (χ0n) is 15.1. The van der Waals surface area contributed by atoms with E-state index in [1.165, 1.54) is 18.2 Å². The van der Waals surface area contributed by atoms with Crippen LogP contribution >= 0.6 is 11.3 Å². The monoisotopic (exact) mass is 418 g/mol. The number of nitrogens with one attached hydrogen (secondary N) is 1.